The van der Waals surface area contributed by atoms with Gasteiger partial charge >= 0.3 is 17.9 Å². The average molecular weight is 308 g/mol. The molecule has 0 aromatic heterocycles. The monoisotopic (exact) mass is 308 g/mol. The average Bonchev–Trinajstić information content (AvgIpc) is 2.51. The third-order valence-corrected chi connectivity index (χ3v) is 3.40. The van der Waals surface area contributed by atoms with Gasteiger partial charge in [0, 0.05) is 6.08 Å². The van der Waals surface area contributed by atoms with E-state index in [1.165, 1.54) is 6.08 Å². The molecule has 0 saturated carbocycles. The predicted octanol–water partition coefficient (Wildman–Crippen LogP) is 1.87. The van der Waals surface area contributed by atoms with Crippen molar-refractivity contribution < 1.29 is 29.0 Å². The molecule has 0 heterocycles. The maximum atomic E-state index is 12.4. The second-order valence-electron chi connectivity index (χ2n) is 4.86. The summed E-state index contributed by atoms with van der Waals surface area (Å²) in [6.45, 7) is 4.88. The van der Waals surface area contributed by atoms with Crippen LogP contribution in [-0.4, -0.2) is 36.2 Å². The number of rotatable bonds is 8. The van der Waals surface area contributed by atoms with E-state index < -0.39 is 29.2 Å². The number of esters is 2. The number of aliphatic carboxylic acids is 1. The van der Waals surface area contributed by atoms with Crippen LogP contribution in [0.25, 0.3) is 0 Å². The highest BCUT2D eigenvalue weighted by Gasteiger charge is 2.47. The van der Waals surface area contributed by atoms with Crippen LogP contribution in [-0.2, 0) is 23.9 Å². The largest absolute Gasteiger partial charge is 0.481 e. The molecule has 2 unspecified atom stereocenters. The van der Waals surface area contributed by atoms with Crippen LogP contribution < -0.4 is 0 Å². The van der Waals surface area contributed by atoms with Gasteiger partial charge in [-0.25, -0.2) is 4.79 Å². The van der Waals surface area contributed by atoms with Crippen molar-refractivity contribution >= 4 is 17.9 Å². The third kappa shape index (κ3) is 4.07. The molecule has 1 aliphatic carbocycles. The smallest absolute Gasteiger partial charge is 0.330 e. The van der Waals surface area contributed by atoms with Crippen molar-refractivity contribution in [3.05, 3.63) is 37.0 Å². The summed E-state index contributed by atoms with van der Waals surface area (Å²) >= 11 is 0. The number of ether oxygens (including phenoxy) is 2. The molecule has 1 rings (SSSR count). The molecule has 0 saturated heterocycles. The minimum atomic E-state index is -1.22. The fourth-order valence-electron chi connectivity index (χ4n) is 2.40. The van der Waals surface area contributed by atoms with Crippen molar-refractivity contribution in [1.82, 2.24) is 0 Å². The standard InChI is InChI=1S/C16H20O6/c1-3-8-16(9-6-5-7-12(16)14(18)19)15(20)22-11-10-21-13(17)4-2/h4-7,9,12H,2-3,8,10-11H2,1H3,(H,18,19). The van der Waals surface area contributed by atoms with Crippen molar-refractivity contribution in [3.63, 3.8) is 0 Å². The number of carbonyl (C=O) groups excluding carboxylic acids is 2. The molecule has 0 spiro atoms. The Morgan fingerprint density at radius 1 is 1.27 bits per heavy atom. The number of allylic oxidation sites excluding steroid dienone is 2. The van der Waals surface area contributed by atoms with Gasteiger partial charge in [-0.3, -0.25) is 9.59 Å². The number of hydrogen-bond acceptors (Lipinski definition) is 5. The first-order chi connectivity index (χ1) is 10.5. The number of carboxylic acid groups (broad SMARTS) is 1. The minimum absolute atomic E-state index is 0.101. The summed E-state index contributed by atoms with van der Waals surface area (Å²) in [5, 5.41) is 9.35. The summed E-state index contributed by atoms with van der Waals surface area (Å²) in [6.07, 6.45) is 8.30. The van der Waals surface area contributed by atoms with Crippen molar-refractivity contribution in [2.75, 3.05) is 13.2 Å². The van der Waals surface area contributed by atoms with Gasteiger partial charge in [-0.05, 0) is 6.42 Å². The highest BCUT2D eigenvalue weighted by molar-refractivity contribution is 5.88. The van der Waals surface area contributed by atoms with Gasteiger partial charge in [0.25, 0.3) is 0 Å². The van der Waals surface area contributed by atoms with Gasteiger partial charge in [0.1, 0.15) is 18.6 Å². The van der Waals surface area contributed by atoms with Crippen LogP contribution in [0.1, 0.15) is 19.8 Å². The lowest BCUT2D eigenvalue weighted by molar-refractivity contribution is -0.164. The fraction of sp³-hybridized carbons (Fsp3) is 0.438. The maximum absolute atomic E-state index is 12.4. The van der Waals surface area contributed by atoms with Gasteiger partial charge in [-0.1, -0.05) is 44.2 Å². The van der Waals surface area contributed by atoms with Crippen molar-refractivity contribution in [3.8, 4) is 0 Å². The summed E-state index contributed by atoms with van der Waals surface area (Å²) in [5.41, 5.74) is -1.22. The Bertz CT molecular complexity index is 505. The minimum Gasteiger partial charge on any atom is -0.481 e. The Morgan fingerprint density at radius 2 is 1.95 bits per heavy atom. The molecule has 0 amide bonds. The Morgan fingerprint density at radius 3 is 2.55 bits per heavy atom. The molecule has 120 valence electrons. The lowest BCUT2D eigenvalue weighted by atomic mass is 9.70. The predicted molar refractivity (Wildman–Crippen MR) is 78.9 cm³/mol. The molecule has 6 nitrogen and oxygen atoms in total. The summed E-state index contributed by atoms with van der Waals surface area (Å²) in [5.74, 6) is -3.29. The fourth-order valence-corrected chi connectivity index (χ4v) is 2.40. The molecular formula is C16H20O6. The lowest BCUT2D eigenvalue weighted by Crippen LogP contribution is -2.42. The van der Waals surface area contributed by atoms with Crippen LogP contribution in [0.2, 0.25) is 0 Å². The van der Waals surface area contributed by atoms with Crippen molar-refractivity contribution in [2.24, 2.45) is 11.3 Å². The van der Waals surface area contributed by atoms with Crippen molar-refractivity contribution in [2.45, 2.75) is 19.8 Å². The van der Waals surface area contributed by atoms with E-state index in [2.05, 4.69) is 6.58 Å². The van der Waals surface area contributed by atoms with Crippen LogP contribution in [0.3, 0.4) is 0 Å². The quantitative estimate of drug-likeness (QED) is 0.418. The van der Waals surface area contributed by atoms with E-state index in [1.54, 1.807) is 18.2 Å². The Kier molecular flexibility index (Phi) is 6.56. The van der Waals surface area contributed by atoms with E-state index in [4.69, 9.17) is 9.47 Å². The lowest BCUT2D eigenvalue weighted by Gasteiger charge is -2.33. The van der Waals surface area contributed by atoms with Crippen LogP contribution >= 0.6 is 0 Å². The highest BCUT2D eigenvalue weighted by atomic mass is 16.6. The molecule has 2 atom stereocenters. The Labute approximate surface area is 129 Å². The molecule has 0 aliphatic heterocycles. The number of carboxylic acids is 1. The molecule has 22 heavy (non-hydrogen) atoms. The van der Waals surface area contributed by atoms with Gasteiger partial charge in [-0.2, -0.15) is 0 Å². The molecular weight excluding hydrogens is 288 g/mol. The third-order valence-electron chi connectivity index (χ3n) is 3.40. The van der Waals surface area contributed by atoms with E-state index in [0.29, 0.717) is 12.8 Å². The van der Waals surface area contributed by atoms with E-state index in [0.717, 1.165) is 6.08 Å². The van der Waals surface area contributed by atoms with Crippen molar-refractivity contribution in [1.29, 1.82) is 0 Å². The van der Waals surface area contributed by atoms with Crippen LogP contribution in [0, 0.1) is 11.3 Å². The van der Waals surface area contributed by atoms with E-state index in [9.17, 15) is 19.5 Å². The number of carbonyl (C=O) groups is 3. The van der Waals surface area contributed by atoms with E-state index in [-0.39, 0.29) is 13.2 Å². The summed E-state index contributed by atoms with van der Waals surface area (Å²) in [6, 6.07) is 0. The molecule has 1 aliphatic rings. The second-order valence-corrected chi connectivity index (χ2v) is 4.86. The van der Waals surface area contributed by atoms with Gasteiger partial charge in [0.15, 0.2) is 0 Å². The first kappa shape index (κ1) is 17.7. The summed E-state index contributed by atoms with van der Waals surface area (Å²) in [7, 11) is 0. The zero-order chi connectivity index (χ0) is 16.6. The normalized spacial score (nSPS) is 22.9. The number of hydrogen-bond donors (Lipinski definition) is 1. The first-order valence-corrected chi connectivity index (χ1v) is 7.03. The molecule has 0 bridgehead atoms. The highest BCUT2D eigenvalue weighted by Crippen LogP contribution is 2.39. The van der Waals surface area contributed by atoms with Gasteiger partial charge in [0.05, 0.1) is 5.92 Å². The SMILES string of the molecule is C=CC(=O)OCCOC(=O)C1(CCC)C=CC=CC1C(=O)O. The molecule has 0 fully saturated rings. The van der Waals surface area contributed by atoms with Gasteiger partial charge in [0.2, 0.25) is 0 Å². The van der Waals surface area contributed by atoms with Gasteiger partial charge in [-0.15, -0.1) is 0 Å². The maximum Gasteiger partial charge on any atom is 0.330 e. The molecule has 6 heteroatoms. The van der Waals surface area contributed by atoms with Crippen LogP contribution in [0.15, 0.2) is 37.0 Å². The molecule has 0 aromatic rings. The Hall–Kier alpha value is -2.37. The zero-order valence-electron chi connectivity index (χ0n) is 12.5. The van der Waals surface area contributed by atoms with Crippen LogP contribution in [0.5, 0.6) is 0 Å². The first-order valence-electron chi connectivity index (χ1n) is 7.03. The Balaban J connectivity index is 2.76. The molecule has 0 radical (unpaired) electrons. The molecule has 0 aromatic carbocycles. The summed E-state index contributed by atoms with van der Waals surface area (Å²) in [4.78, 5) is 34.7. The van der Waals surface area contributed by atoms with Gasteiger partial charge < -0.3 is 14.6 Å². The molecule has 1 N–H and O–H groups in total. The topological polar surface area (TPSA) is 89.9 Å². The van der Waals surface area contributed by atoms with Crippen LogP contribution in [0.4, 0.5) is 0 Å². The second kappa shape index (κ2) is 8.17. The van der Waals surface area contributed by atoms with E-state index >= 15 is 0 Å². The zero-order valence-corrected chi connectivity index (χ0v) is 12.5. The summed E-state index contributed by atoms with van der Waals surface area (Å²) < 4.78 is 9.83. The van der Waals surface area contributed by atoms with E-state index in [1.807, 2.05) is 6.92 Å².